The number of aromatic nitrogens is 2. The highest BCUT2D eigenvalue weighted by molar-refractivity contribution is 5.79. The van der Waals surface area contributed by atoms with E-state index in [1.165, 1.54) is 0 Å². The van der Waals surface area contributed by atoms with E-state index in [2.05, 4.69) is 25.6 Å². The second kappa shape index (κ2) is 10.2. The SMILES string of the molecule is CN=C(NCCCc1nc2ccccc2[nH]1)NCc1ccc(C)cc1OCC(F)(F)F. The van der Waals surface area contributed by atoms with Crippen molar-refractivity contribution in [2.45, 2.75) is 32.5 Å². The van der Waals surface area contributed by atoms with Gasteiger partial charge in [0.1, 0.15) is 11.6 Å². The van der Waals surface area contributed by atoms with Gasteiger partial charge in [0.05, 0.1) is 11.0 Å². The first-order valence-electron chi connectivity index (χ1n) is 10.0. The van der Waals surface area contributed by atoms with Gasteiger partial charge in [-0.15, -0.1) is 0 Å². The summed E-state index contributed by atoms with van der Waals surface area (Å²) in [5, 5.41) is 6.32. The van der Waals surface area contributed by atoms with Crippen molar-refractivity contribution in [3.05, 3.63) is 59.4 Å². The molecule has 0 fully saturated rings. The number of imidazole rings is 1. The second-order valence-electron chi connectivity index (χ2n) is 7.17. The molecular formula is C22H26F3N5O. The van der Waals surface area contributed by atoms with Crippen LogP contribution < -0.4 is 15.4 Å². The average Bonchev–Trinajstić information content (AvgIpc) is 3.15. The molecule has 31 heavy (non-hydrogen) atoms. The van der Waals surface area contributed by atoms with Crippen molar-refractivity contribution >= 4 is 17.0 Å². The molecule has 166 valence electrons. The standard InChI is InChI=1S/C22H26F3N5O/c1-15-9-10-16(19(12-15)31-14-22(23,24)25)13-28-21(26-2)27-11-5-8-20-29-17-6-3-4-7-18(17)30-20/h3-4,6-7,9-10,12H,5,8,11,13-14H2,1-2H3,(H,29,30)(H2,26,27,28). The number of aliphatic imine (C=N–C) groups is 1. The van der Waals surface area contributed by atoms with Crippen molar-refractivity contribution in [2.75, 3.05) is 20.2 Å². The van der Waals surface area contributed by atoms with Gasteiger partial charge in [0.2, 0.25) is 0 Å². The monoisotopic (exact) mass is 433 g/mol. The molecular weight excluding hydrogens is 407 g/mol. The summed E-state index contributed by atoms with van der Waals surface area (Å²) in [5.41, 5.74) is 3.42. The maximum absolute atomic E-state index is 12.5. The van der Waals surface area contributed by atoms with E-state index in [-0.39, 0.29) is 12.3 Å². The highest BCUT2D eigenvalue weighted by Gasteiger charge is 2.28. The minimum absolute atomic E-state index is 0.213. The third-order valence-corrected chi connectivity index (χ3v) is 4.61. The van der Waals surface area contributed by atoms with Crippen molar-refractivity contribution in [2.24, 2.45) is 4.99 Å². The van der Waals surface area contributed by atoms with Gasteiger partial charge >= 0.3 is 6.18 Å². The van der Waals surface area contributed by atoms with Gasteiger partial charge in [-0.2, -0.15) is 13.2 Å². The Bertz CT molecular complexity index is 996. The van der Waals surface area contributed by atoms with Gasteiger partial charge < -0.3 is 20.4 Å². The number of aromatic amines is 1. The molecule has 0 atom stereocenters. The Balaban J connectivity index is 1.48. The van der Waals surface area contributed by atoms with Gasteiger partial charge in [-0.1, -0.05) is 24.3 Å². The topological polar surface area (TPSA) is 74.3 Å². The van der Waals surface area contributed by atoms with Gasteiger partial charge in [-0.25, -0.2) is 4.98 Å². The number of nitrogens with zero attached hydrogens (tertiary/aromatic N) is 2. The van der Waals surface area contributed by atoms with Gasteiger partial charge in [0, 0.05) is 32.1 Å². The average molecular weight is 433 g/mol. The summed E-state index contributed by atoms with van der Waals surface area (Å²) in [6, 6.07) is 13.1. The predicted molar refractivity (Wildman–Crippen MR) is 115 cm³/mol. The molecule has 0 aliphatic heterocycles. The first-order chi connectivity index (χ1) is 14.8. The second-order valence-corrected chi connectivity index (χ2v) is 7.17. The normalized spacial score (nSPS) is 12.2. The zero-order chi connectivity index (χ0) is 22.3. The van der Waals surface area contributed by atoms with Gasteiger partial charge in [0.25, 0.3) is 0 Å². The molecule has 0 amide bonds. The van der Waals surface area contributed by atoms with Crippen LogP contribution in [0.4, 0.5) is 13.2 Å². The lowest BCUT2D eigenvalue weighted by Gasteiger charge is -2.16. The molecule has 6 nitrogen and oxygen atoms in total. The van der Waals surface area contributed by atoms with Crippen LogP contribution in [0.15, 0.2) is 47.5 Å². The number of alkyl halides is 3. The minimum Gasteiger partial charge on any atom is -0.484 e. The van der Waals surface area contributed by atoms with Crippen LogP contribution in [-0.4, -0.2) is 42.3 Å². The smallest absolute Gasteiger partial charge is 0.422 e. The number of halogens is 3. The number of hydrogen-bond acceptors (Lipinski definition) is 3. The van der Waals surface area contributed by atoms with E-state index < -0.39 is 12.8 Å². The van der Waals surface area contributed by atoms with Crippen LogP contribution in [0.1, 0.15) is 23.4 Å². The lowest BCUT2D eigenvalue weighted by Crippen LogP contribution is -2.37. The molecule has 1 aromatic heterocycles. The van der Waals surface area contributed by atoms with E-state index in [0.29, 0.717) is 18.1 Å². The fourth-order valence-electron chi connectivity index (χ4n) is 3.09. The summed E-state index contributed by atoms with van der Waals surface area (Å²) in [6.45, 7) is 1.44. The van der Waals surface area contributed by atoms with E-state index in [4.69, 9.17) is 4.74 Å². The van der Waals surface area contributed by atoms with Crippen molar-refractivity contribution in [3.63, 3.8) is 0 Å². The zero-order valence-electron chi connectivity index (χ0n) is 17.5. The summed E-state index contributed by atoms with van der Waals surface area (Å²) in [5.74, 6) is 1.70. The molecule has 0 unspecified atom stereocenters. The number of benzene rings is 2. The summed E-state index contributed by atoms with van der Waals surface area (Å²) in [6.07, 6.45) is -2.76. The molecule has 9 heteroatoms. The minimum atomic E-state index is -4.38. The predicted octanol–water partition coefficient (Wildman–Crippen LogP) is 4.11. The molecule has 3 N–H and O–H groups in total. The third-order valence-electron chi connectivity index (χ3n) is 4.61. The Morgan fingerprint density at radius 1 is 1.16 bits per heavy atom. The van der Waals surface area contributed by atoms with E-state index in [0.717, 1.165) is 35.3 Å². The molecule has 0 spiro atoms. The number of fused-ring (bicyclic) bond motifs is 1. The highest BCUT2D eigenvalue weighted by Crippen LogP contribution is 2.23. The van der Waals surface area contributed by atoms with Crippen LogP contribution in [0.25, 0.3) is 11.0 Å². The Kier molecular flexibility index (Phi) is 7.38. The summed E-state index contributed by atoms with van der Waals surface area (Å²) < 4.78 is 42.6. The Hall–Kier alpha value is -3.23. The number of nitrogens with one attached hydrogen (secondary N) is 3. The molecule has 0 aliphatic carbocycles. The number of H-pyrrole nitrogens is 1. The highest BCUT2D eigenvalue weighted by atomic mass is 19.4. The zero-order valence-corrected chi connectivity index (χ0v) is 17.5. The van der Waals surface area contributed by atoms with E-state index in [1.54, 1.807) is 26.1 Å². The summed E-state index contributed by atoms with van der Waals surface area (Å²) in [4.78, 5) is 12.0. The van der Waals surface area contributed by atoms with Gasteiger partial charge in [-0.05, 0) is 37.1 Å². The molecule has 3 aromatic rings. The van der Waals surface area contributed by atoms with E-state index >= 15 is 0 Å². The molecule has 3 rings (SSSR count). The van der Waals surface area contributed by atoms with Crippen molar-refractivity contribution < 1.29 is 17.9 Å². The fourth-order valence-corrected chi connectivity index (χ4v) is 3.09. The van der Waals surface area contributed by atoms with Crippen LogP contribution in [0.2, 0.25) is 0 Å². The molecule has 0 radical (unpaired) electrons. The lowest BCUT2D eigenvalue weighted by atomic mass is 10.1. The van der Waals surface area contributed by atoms with E-state index in [1.807, 2.05) is 30.3 Å². The summed E-state index contributed by atoms with van der Waals surface area (Å²) >= 11 is 0. The third kappa shape index (κ3) is 6.91. The van der Waals surface area contributed by atoms with Crippen molar-refractivity contribution in [3.8, 4) is 5.75 Å². The summed E-state index contributed by atoms with van der Waals surface area (Å²) in [7, 11) is 1.64. The lowest BCUT2D eigenvalue weighted by molar-refractivity contribution is -0.153. The molecule has 1 heterocycles. The maximum Gasteiger partial charge on any atom is 0.422 e. The van der Waals surface area contributed by atoms with Crippen LogP contribution >= 0.6 is 0 Å². The van der Waals surface area contributed by atoms with Gasteiger partial charge in [0.15, 0.2) is 12.6 Å². The van der Waals surface area contributed by atoms with Crippen LogP contribution in [0, 0.1) is 6.92 Å². The van der Waals surface area contributed by atoms with Crippen LogP contribution in [-0.2, 0) is 13.0 Å². The molecule has 0 bridgehead atoms. The molecule has 2 aromatic carbocycles. The maximum atomic E-state index is 12.5. The van der Waals surface area contributed by atoms with Crippen molar-refractivity contribution in [1.82, 2.24) is 20.6 Å². The molecule has 0 saturated carbocycles. The van der Waals surface area contributed by atoms with E-state index in [9.17, 15) is 13.2 Å². The van der Waals surface area contributed by atoms with Crippen molar-refractivity contribution in [1.29, 1.82) is 0 Å². The number of hydrogen-bond donors (Lipinski definition) is 3. The number of rotatable bonds is 8. The molecule has 0 aliphatic rings. The number of guanidine groups is 1. The largest absolute Gasteiger partial charge is 0.484 e. The first-order valence-corrected chi connectivity index (χ1v) is 10.0. The van der Waals surface area contributed by atoms with Crippen LogP contribution in [0.3, 0.4) is 0 Å². The Morgan fingerprint density at radius 2 is 1.97 bits per heavy atom. The Morgan fingerprint density at radius 3 is 2.71 bits per heavy atom. The number of ether oxygens (including phenoxy) is 1. The number of para-hydroxylation sites is 2. The quantitative estimate of drug-likeness (QED) is 0.284. The first kappa shape index (κ1) is 22.5. The molecule has 0 saturated heterocycles. The Labute approximate surface area is 178 Å². The van der Waals surface area contributed by atoms with Gasteiger partial charge in [-0.3, -0.25) is 4.99 Å². The van der Waals surface area contributed by atoms with Crippen LogP contribution in [0.5, 0.6) is 5.75 Å². The number of aryl methyl sites for hydroxylation is 2. The fraction of sp³-hybridized carbons (Fsp3) is 0.364.